The van der Waals surface area contributed by atoms with Crippen LogP contribution in [0.25, 0.3) is 0 Å². The van der Waals surface area contributed by atoms with Crippen LogP contribution in [-0.2, 0) is 17.2 Å². The molecule has 264 valence electrons. The van der Waals surface area contributed by atoms with Crippen LogP contribution in [0.15, 0.2) is 79.0 Å². The molecule has 2 aliphatic heterocycles. The number of aromatic nitrogens is 2. The van der Waals surface area contributed by atoms with E-state index in [9.17, 15) is 19.6 Å². The van der Waals surface area contributed by atoms with Gasteiger partial charge in [-0.05, 0) is 58.0 Å². The second-order valence-electron chi connectivity index (χ2n) is 13.7. The maximum absolute atomic E-state index is 15.2. The Morgan fingerprint density at radius 2 is 1.65 bits per heavy atom. The van der Waals surface area contributed by atoms with E-state index in [1.54, 1.807) is 35.2 Å². The van der Waals surface area contributed by atoms with Crippen molar-refractivity contribution in [2.24, 2.45) is 0 Å². The lowest BCUT2D eigenvalue weighted by Crippen LogP contribution is -2.47. The summed E-state index contributed by atoms with van der Waals surface area (Å²) in [5.74, 6) is -3.98. The molecule has 11 nitrogen and oxygen atoms in total. The Balaban J connectivity index is 1.13. The molecule has 51 heavy (non-hydrogen) atoms. The Morgan fingerprint density at radius 1 is 0.980 bits per heavy atom. The monoisotopic (exact) mass is 696 g/mol. The molecule has 0 spiro atoms. The van der Waals surface area contributed by atoms with Gasteiger partial charge in [0.2, 0.25) is 0 Å². The molecule has 0 radical (unpaired) electrons. The molecule has 0 saturated carbocycles. The normalized spacial score (nSPS) is 16.6. The zero-order valence-electron chi connectivity index (χ0n) is 28.7. The summed E-state index contributed by atoms with van der Waals surface area (Å²) < 4.78 is 43.4. The molecule has 2 aliphatic rings. The van der Waals surface area contributed by atoms with Gasteiger partial charge in [-0.2, -0.15) is 19.1 Å². The summed E-state index contributed by atoms with van der Waals surface area (Å²) in [6.07, 6.45) is 1.84. The van der Waals surface area contributed by atoms with Gasteiger partial charge in [0.15, 0.2) is 0 Å². The maximum atomic E-state index is 15.2. The predicted octanol–water partition coefficient (Wildman–Crippen LogP) is 6.97. The molecule has 13 heteroatoms. The SMILES string of the molecule is C[C@H]1Cn2ncc(C(=O)Nc3ccc(OC4CCN(C(=O)OC(C)(C)C)CC4)c(C#N)c3)c2C(=O)N1c1ccc(C(F)(F)c2ccccc2)cc1. The zero-order valence-corrected chi connectivity index (χ0v) is 28.7. The molecule has 1 N–H and O–H groups in total. The number of halogens is 2. The van der Waals surface area contributed by atoms with Gasteiger partial charge in [0.05, 0.1) is 29.9 Å². The van der Waals surface area contributed by atoms with Crippen LogP contribution < -0.4 is 15.0 Å². The molecule has 0 bridgehead atoms. The third-order valence-corrected chi connectivity index (χ3v) is 8.77. The number of hydrogen-bond acceptors (Lipinski definition) is 7. The number of fused-ring (bicyclic) bond motifs is 1. The Bertz CT molecular complexity index is 1980. The van der Waals surface area contributed by atoms with Crippen molar-refractivity contribution in [1.29, 1.82) is 5.26 Å². The molecule has 3 aromatic carbocycles. The number of piperidine rings is 1. The van der Waals surface area contributed by atoms with E-state index in [0.717, 1.165) is 0 Å². The van der Waals surface area contributed by atoms with Gasteiger partial charge in [-0.1, -0.05) is 42.5 Å². The van der Waals surface area contributed by atoms with Crippen LogP contribution in [0, 0.1) is 11.3 Å². The number of amides is 3. The number of alkyl halides is 2. The molecule has 3 heterocycles. The molecule has 1 aromatic heterocycles. The van der Waals surface area contributed by atoms with Crippen LogP contribution in [0.2, 0.25) is 0 Å². The highest BCUT2D eigenvalue weighted by Gasteiger charge is 2.38. The predicted molar refractivity (Wildman–Crippen MR) is 185 cm³/mol. The standard InChI is InChI=1S/C38H38F2N6O5/c1-24-23-45-33(35(48)46(24)29-13-10-27(11-14-29)38(39,40)26-8-6-5-7-9-26)31(22-42-45)34(47)43-28-12-15-32(25(20-28)21-41)50-30-16-18-44(19-17-30)36(49)51-37(2,3)4/h5-15,20,22,24,30H,16-19,23H2,1-4H3,(H,43,47)/t24-/m0/s1. The molecule has 1 fully saturated rings. The Hall–Kier alpha value is -5.77. The number of likely N-dealkylation sites (tertiary alicyclic amines) is 1. The van der Waals surface area contributed by atoms with E-state index in [0.29, 0.717) is 43.1 Å². The van der Waals surface area contributed by atoms with Crippen molar-refractivity contribution in [3.63, 3.8) is 0 Å². The number of carbonyl (C=O) groups excluding carboxylic acids is 3. The first-order valence-electron chi connectivity index (χ1n) is 16.7. The van der Waals surface area contributed by atoms with Crippen LogP contribution in [0.1, 0.15) is 78.1 Å². The van der Waals surface area contributed by atoms with Gasteiger partial charge in [0.1, 0.15) is 29.2 Å². The van der Waals surface area contributed by atoms with Gasteiger partial charge < -0.3 is 24.6 Å². The number of carbonyl (C=O) groups is 3. The summed E-state index contributed by atoms with van der Waals surface area (Å²) in [5, 5.41) is 16.9. The number of anilines is 2. The lowest BCUT2D eigenvalue weighted by molar-refractivity contribution is 0.0126. The number of benzene rings is 3. The summed E-state index contributed by atoms with van der Waals surface area (Å²) in [6, 6.07) is 19.5. The maximum Gasteiger partial charge on any atom is 0.410 e. The summed E-state index contributed by atoms with van der Waals surface area (Å²) in [4.78, 5) is 42.9. The Morgan fingerprint density at radius 3 is 2.29 bits per heavy atom. The molecular formula is C38H38F2N6O5. The summed E-state index contributed by atoms with van der Waals surface area (Å²) in [6.45, 7) is 8.44. The van der Waals surface area contributed by atoms with Crippen molar-refractivity contribution in [1.82, 2.24) is 14.7 Å². The number of ether oxygens (including phenoxy) is 2. The zero-order chi connectivity index (χ0) is 36.5. The molecule has 0 aliphatic carbocycles. The van der Waals surface area contributed by atoms with Crippen LogP contribution >= 0.6 is 0 Å². The van der Waals surface area contributed by atoms with Gasteiger partial charge in [0.25, 0.3) is 17.7 Å². The number of rotatable bonds is 7. The minimum absolute atomic E-state index is 0.0275. The van der Waals surface area contributed by atoms with Gasteiger partial charge in [0, 0.05) is 48.4 Å². The molecule has 1 saturated heterocycles. The van der Waals surface area contributed by atoms with Crippen LogP contribution in [0.3, 0.4) is 0 Å². The fraction of sp³-hybridized carbons (Fsp3) is 0.342. The summed E-state index contributed by atoms with van der Waals surface area (Å²) in [7, 11) is 0. The number of nitrogens with one attached hydrogen (secondary N) is 1. The largest absolute Gasteiger partial charge is 0.489 e. The second kappa shape index (κ2) is 13.9. The van der Waals surface area contributed by atoms with Crippen LogP contribution in [-0.4, -0.2) is 63.4 Å². The van der Waals surface area contributed by atoms with Crippen molar-refractivity contribution in [2.75, 3.05) is 23.3 Å². The van der Waals surface area contributed by atoms with E-state index in [1.807, 2.05) is 27.7 Å². The highest BCUT2D eigenvalue weighted by molar-refractivity contribution is 6.15. The van der Waals surface area contributed by atoms with Crippen molar-refractivity contribution in [2.45, 2.75) is 70.8 Å². The van der Waals surface area contributed by atoms with E-state index in [-0.39, 0.29) is 52.7 Å². The molecule has 3 amide bonds. The third-order valence-electron chi connectivity index (χ3n) is 8.77. The average Bonchev–Trinajstić information content (AvgIpc) is 3.53. The lowest BCUT2D eigenvalue weighted by atomic mass is 9.99. The average molecular weight is 697 g/mol. The first-order chi connectivity index (χ1) is 24.2. The third kappa shape index (κ3) is 7.40. The second-order valence-corrected chi connectivity index (χ2v) is 13.7. The van der Waals surface area contributed by atoms with Crippen molar-refractivity contribution in [3.05, 3.63) is 107 Å². The molecular weight excluding hydrogens is 658 g/mol. The topological polar surface area (TPSA) is 130 Å². The lowest BCUT2D eigenvalue weighted by Gasteiger charge is -2.34. The number of hydrogen-bond donors (Lipinski definition) is 1. The highest BCUT2D eigenvalue weighted by Crippen LogP contribution is 2.37. The van der Waals surface area contributed by atoms with E-state index >= 15 is 8.78 Å². The van der Waals surface area contributed by atoms with E-state index < -0.39 is 23.3 Å². The first kappa shape index (κ1) is 35.1. The Kier molecular flexibility index (Phi) is 9.53. The fourth-order valence-electron chi connectivity index (χ4n) is 6.24. The first-order valence-corrected chi connectivity index (χ1v) is 16.7. The van der Waals surface area contributed by atoms with E-state index in [4.69, 9.17) is 9.47 Å². The van der Waals surface area contributed by atoms with Crippen LogP contribution in [0.4, 0.5) is 25.0 Å². The van der Waals surface area contributed by atoms with Gasteiger partial charge in [-0.15, -0.1) is 0 Å². The van der Waals surface area contributed by atoms with Gasteiger partial charge >= 0.3 is 6.09 Å². The molecule has 4 aromatic rings. The minimum atomic E-state index is -3.22. The molecule has 1 atom stereocenters. The van der Waals surface area contributed by atoms with Crippen LogP contribution in [0.5, 0.6) is 5.75 Å². The van der Waals surface area contributed by atoms with Crippen molar-refractivity contribution in [3.8, 4) is 11.8 Å². The van der Waals surface area contributed by atoms with Crippen molar-refractivity contribution >= 4 is 29.3 Å². The summed E-state index contributed by atoms with van der Waals surface area (Å²) >= 11 is 0. The molecule has 6 rings (SSSR count). The van der Waals surface area contributed by atoms with Crippen molar-refractivity contribution < 1.29 is 32.6 Å². The van der Waals surface area contributed by atoms with Gasteiger partial charge in [-0.25, -0.2) is 4.79 Å². The highest BCUT2D eigenvalue weighted by atomic mass is 19.3. The Labute approximate surface area is 294 Å². The fourth-order valence-corrected chi connectivity index (χ4v) is 6.24. The number of nitriles is 1. The van der Waals surface area contributed by atoms with Gasteiger partial charge in [-0.3, -0.25) is 14.3 Å². The quantitative estimate of drug-likeness (QED) is 0.221. The summed E-state index contributed by atoms with van der Waals surface area (Å²) in [5.41, 5.74) is 0.0723. The van der Waals surface area contributed by atoms with E-state index in [2.05, 4.69) is 16.5 Å². The number of nitrogens with zero attached hydrogens (tertiary/aromatic N) is 5. The molecule has 0 unspecified atom stereocenters. The smallest absolute Gasteiger partial charge is 0.410 e. The van der Waals surface area contributed by atoms with E-state index in [1.165, 1.54) is 58.2 Å². The minimum Gasteiger partial charge on any atom is -0.489 e.